The Morgan fingerprint density at radius 2 is 1.69 bits per heavy atom. The van der Waals surface area contributed by atoms with E-state index in [1.165, 1.54) is 7.11 Å². The molecule has 0 heterocycles. The molecular formula is C25H20O4. The van der Waals surface area contributed by atoms with E-state index in [1.807, 2.05) is 66.7 Å². The molecule has 4 rings (SSSR count). The summed E-state index contributed by atoms with van der Waals surface area (Å²) in [5.74, 6) is 0.493. The van der Waals surface area contributed by atoms with Gasteiger partial charge >= 0.3 is 5.97 Å². The summed E-state index contributed by atoms with van der Waals surface area (Å²) in [6.07, 6.45) is 2.62. The summed E-state index contributed by atoms with van der Waals surface area (Å²) in [5, 5.41) is 0. The lowest BCUT2D eigenvalue weighted by Gasteiger charge is -2.07. The minimum atomic E-state index is -0.356. The van der Waals surface area contributed by atoms with Crippen LogP contribution in [0.3, 0.4) is 0 Å². The Morgan fingerprint density at radius 1 is 0.966 bits per heavy atom. The van der Waals surface area contributed by atoms with Gasteiger partial charge in [0.15, 0.2) is 5.78 Å². The lowest BCUT2D eigenvalue weighted by molar-refractivity contribution is 0.0600. The maximum atomic E-state index is 12.5. The van der Waals surface area contributed by atoms with Crippen molar-refractivity contribution in [2.75, 3.05) is 7.11 Å². The van der Waals surface area contributed by atoms with E-state index in [2.05, 4.69) is 0 Å². The van der Waals surface area contributed by atoms with Crippen molar-refractivity contribution in [1.29, 1.82) is 0 Å². The van der Waals surface area contributed by atoms with Crippen LogP contribution in [0.2, 0.25) is 0 Å². The van der Waals surface area contributed by atoms with Gasteiger partial charge in [-0.25, -0.2) is 4.79 Å². The normalized spacial score (nSPS) is 14.0. The number of benzene rings is 3. The minimum absolute atomic E-state index is 0.108. The largest absolute Gasteiger partial charge is 0.489 e. The minimum Gasteiger partial charge on any atom is -0.489 e. The van der Waals surface area contributed by atoms with Gasteiger partial charge in [0.25, 0.3) is 0 Å². The Bertz CT molecular complexity index is 1080. The van der Waals surface area contributed by atoms with Crippen molar-refractivity contribution >= 4 is 17.8 Å². The Kier molecular flexibility index (Phi) is 5.25. The number of ketones is 1. The first-order chi connectivity index (χ1) is 14.1. The zero-order valence-corrected chi connectivity index (χ0v) is 16.1. The number of carbonyl (C=O) groups is 2. The van der Waals surface area contributed by atoms with E-state index < -0.39 is 0 Å². The Hall–Kier alpha value is -3.66. The van der Waals surface area contributed by atoms with Gasteiger partial charge < -0.3 is 9.47 Å². The monoisotopic (exact) mass is 384 g/mol. The zero-order valence-electron chi connectivity index (χ0n) is 16.1. The number of hydrogen-bond donors (Lipinski definition) is 0. The highest BCUT2D eigenvalue weighted by Gasteiger charge is 2.23. The third-order valence-electron chi connectivity index (χ3n) is 4.94. The second kappa shape index (κ2) is 8.15. The standard InChI is InChI=1S/C25H20O4/c1-28-25(27)19-10-6-18(7-11-19)16-29-22-12-8-17(9-13-22)14-21-15-20-4-2-3-5-23(20)24(21)26/h2-14H,15-16H2,1H3/b21-14+. The number of rotatable bonds is 5. The molecule has 1 aliphatic carbocycles. The first-order valence-corrected chi connectivity index (χ1v) is 9.37. The molecule has 1 aliphatic rings. The predicted molar refractivity (Wildman–Crippen MR) is 111 cm³/mol. The van der Waals surface area contributed by atoms with E-state index in [4.69, 9.17) is 9.47 Å². The van der Waals surface area contributed by atoms with Gasteiger partial charge in [0.1, 0.15) is 12.4 Å². The fourth-order valence-corrected chi connectivity index (χ4v) is 3.35. The lowest BCUT2D eigenvalue weighted by atomic mass is 10.1. The Balaban J connectivity index is 1.39. The molecule has 144 valence electrons. The summed E-state index contributed by atoms with van der Waals surface area (Å²) in [4.78, 5) is 24.0. The van der Waals surface area contributed by atoms with Gasteiger partial charge in [0.2, 0.25) is 0 Å². The van der Waals surface area contributed by atoms with Crippen LogP contribution in [0.5, 0.6) is 5.75 Å². The van der Waals surface area contributed by atoms with Crippen molar-refractivity contribution in [2.45, 2.75) is 13.0 Å². The highest BCUT2D eigenvalue weighted by Crippen LogP contribution is 2.28. The quantitative estimate of drug-likeness (QED) is 0.465. The summed E-state index contributed by atoms with van der Waals surface area (Å²) in [7, 11) is 1.36. The van der Waals surface area contributed by atoms with Gasteiger partial charge in [-0.2, -0.15) is 0 Å². The fraction of sp³-hybridized carbons (Fsp3) is 0.120. The van der Waals surface area contributed by atoms with Crippen molar-refractivity contribution in [1.82, 2.24) is 0 Å². The summed E-state index contributed by atoms with van der Waals surface area (Å²) in [6.45, 7) is 0.398. The third-order valence-corrected chi connectivity index (χ3v) is 4.94. The summed E-state index contributed by atoms with van der Waals surface area (Å²) in [6, 6.07) is 22.5. The SMILES string of the molecule is COC(=O)c1ccc(COc2ccc(/C=C3\Cc4ccccc4C3=O)cc2)cc1. The molecule has 0 saturated heterocycles. The smallest absolute Gasteiger partial charge is 0.337 e. The molecule has 0 aromatic heterocycles. The number of hydrogen-bond acceptors (Lipinski definition) is 4. The van der Waals surface area contributed by atoms with Gasteiger partial charge in [-0.1, -0.05) is 48.5 Å². The molecule has 29 heavy (non-hydrogen) atoms. The van der Waals surface area contributed by atoms with Crippen LogP contribution in [0.15, 0.2) is 78.4 Å². The molecular weight excluding hydrogens is 364 g/mol. The van der Waals surface area contributed by atoms with Gasteiger partial charge in [0, 0.05) is 17.6 Å². The van der Waals surface area contributed by atoms with E-state index in [9.17, 15) is 9.59 Å². The average Bonchev–Trinajstić information content (AvgIpc) is 3.08. The van der Waals surface area contributed by atoms with Crippen LogP contribution in [-0.4, -0.2) is 18.9 Å². The third kappa shape index (κ3) is 4.11. The molecule has 3 aromatic rings. The van der Waals surface area contributed by atoms with Crippen LogP contribution in [0.25, 0.3) is 6.08 Å². The fourth-order valence-electron chi connectivity index (χ4n) is 3.35. The zero-order chi connectivity index (χ0) is 20.2. The predicted octanol–water partition coefficient (Wildman–Crippen LogP) is 4.87. The summed E-state index contributed by atoms with van der Waals surface area (Å²) < 4.78 is 10.5. The van der Waals surface area contributed by atoms with Crippen LogP contribution in [0, 0.1) is 0 Å². The van der Waals surface area contributed by atoms with Crippen molar-refractivity contribution in [3.8, 4) is 5.75 Å². The van der Waals surface area contributed by atoms with Crippen molar-refractivity contribution in [3.05, 3.63) is 106 Å². The van der Waals surface area contributed by atoms with Gasteiger partial charge in [-0.05, 0) is 47.0 Å². The van der Waals surface area contributed by atoms with Gasteiger partial charge in [-0.3, -0.25) is 4.79 Å². The molecule has 0 amide bonds. The van der Waals surface area contributed by atoms with E-state index in [0.717, 1.165) is 33.6 Å². The Labute approximate surface area is 169 Å². The number of esters is 1. The highest BCUT2D eigenvalue weighted by atomic mass is 16.5. The molecule has 0 fully saturated rings. The first kappa shape index (κ1) is 18.7. The Morgan fingerprint density at radius 3 is 2.38 bits per heavy atom. The number of Topliss-reactive ketones (excluding diaryl/α,β-unsaturated/α-hetero) is 1. The molecule has 4 heteroatoms. The molecule has 0 radical (unpaired) electrons. The molecule has 0 bridgehead atoms. The van der Waals surface area contributed by atoms with Crippen molar-refractivity contribution in [3.63, 3.8) is 0 Å². The average molecular weight is 384 g/mol. The number of fused-ring (bicyclic) bond motifs is 1. The lowest BCUT2D eigenvalue weighted by Crippen LogP contribution is -2.02. The van der Waals surface area contributed by atoms with Crippen LogP contribution >= 0.6 is 0 Å². The maximum absolute atomic E-state index is 12.5. The van der Waals surface area contributed by atoms with Crippen LogP contribution in [0.1, 0.15) is 37.4 Å². The van der Waals surface area contributed by atoms with Crippen LogP contribution < -0.4 is 4.74 Å². The number of ether oxygens (including phenoxy) is 2. The second-order valence-corrected chi connectivity index (χ2v) is 6.88. The van der Waals surface area contributed by atoms with E-state index in [1.54, 1.807) is 12.1 Å². The second-order valence-electron chi connectivity index (χ2n) is 6.88. The first-order valence-electron chi connectivity index (χ1n) is 9.37. The topological polar surface area (TPSA) is 52.6 Å². The molecule has 0 unspecified atom stereocenters. The number of methoxy groups -OCH3 is 1. The van der Waals surface area contributed by atoms with E-state index in [-0.39, 0.29) is 11.8 Å². The van der Waals surface area contributed by atoms with Crippen LogP contribution in [-0.2, 0) is 17.8 Å². The number of allylic oxidation sites excluding steroid dienone is 1. The van der Waals surface area contributed by atoms with Gasteiger partial charge in [0.05, 0.1) is 12.7 Å². The molecule has 0 saturated carbocycles. The summed E-state index contributed by atoms with van der Waals surface area (Å²) in [5.41, 5.74) is 5.13. The molecule has 0 atom stereocenters. The highest BCUT2D eigenvalue weighted by molar-refractivity contribution is 6.15. The summed E-state index contributed by atoms with van der Waals surface area (Å²) >= 11 is 0. The van der Waals surface area contributed by atoms with Gasteiger partial charge in [-0.15, -0.1) is 0 Å². The maximum Gasteiger partial charge on any atom is 0.337 e. The van der Waals surface area contributed by atoms with Crippen molar-refractivity contribution < 1.29 is 19.1 Å². The van der Waals surface area contributed by atoms with Crippen molar-refractivity contribution in [2.24, 2.45) is 0 Å². The van der Waals surface area contributed by atoms with Crippen LogP contribution in [0.4, 0.5) is 0 Å². The number of carbonyl (C=O) groups excluding carboxylic acids is 2. The van der Waals surface area contributed by atoms with E-state index >= 15 is 0 Å². The molecule has 4 nitrogen and oxygen atoms in total. The molecule has 3 aromatic carbocycles. The molecule has 0 aliphatic heterocycles. The molecule has 0 N–H and O–H groups in total. The molecule has 0 spiro atoms. The van der Waals surface area contributed by atoms with E-state index in [0.29, 0.717) is 18.6 Å².